The van der Waals surface area contributed by atoms with E-state index >= 15 is 0 Å². The summed E-state index contributed by atoms with van der Waals surface area (Å²) < 4.78 is 5.67. The van der Waals surface area contributed by atoms with Crippen LogP contribution in [0.4, 0.5) is 0 Å². The van der Waals surface area contributed by atoms with Gasteiger partial charge in [-0.3, -0.25) is 4.79 Å². The number of hydrogen-bond acceptors (Lipinski definition) is 2. The van der Waals surface area contributed by atoms with Crippen LogP contribution in [0.25, 0.3) is 11.0 Å². The number of rotatable bonds is 4. The molecule has 1 saturated carbocycles. The van der Waals surface area contributed by atoms with Gasteiger partial charge in [0.05, 0.1) is 0 Å². The Morgan fingerprint density at radius 3 is 2.95 bits per heavy atom. The van der Waals surface area contributed by atoms with Crippen LogP contribution in [-0.2, 0) is 0 Å². The fourth-order valence-corrected chi connectivity index (χ4v) is 2.74. The molecule has 2 aromatic rings. The molecule has 1 aromatic carbocycles. The highest BCUT2D eigenvalue weighted by atomic mass is 16.3. The quantitative estimate of drug-likeness (QED) is 0.908. The number of amides is 1. The van der Waals surface area contributed by atoms with E-state index in [2.05, 4.69) is 12.2 Å². The van der Waals surface area contributed by atoms with Crippen LogP contribution in [0.3, 0.4) is 0 Å². The Morgan fingerprint density at radius 2 is 2.21 bits per heavy atom. The van der Waals surface area contributed by atoms with Crippen LogP contribution in [0, 0.1) is 12.8 Å². The van der Waals surface area contributed by atoms with Crippen LogP contribution in [0.1, 0.15) is 42.3 Å². The number of benzene rings is 1. The highest BCUT2D eigenvalue weighted by molar-refractivity contribution is 5.99. The smallest absolute Gasteiger partial charge is 0.287 e. The lowest BCUT2D eigenvalue weighted by molar-refractivity contribution is 0.0922. The number of para-hydroxylation sites is 1. The Hall–Kier alpha value is -1.77. The second-order valence-electron chi connectivity index (χ2n) is 5.42. The summed E-state index contributed by atoms with van der Waals surface area (Å²) in [6.07, 6.45) is 3.49. The third-order valence-electron chi connectivity index (χ3n) is 3.95. The minimum Gasteiger partial charge on any atom is -0.451 e. The van der Waals surface area contributed by atoms with Crippen molar-refractivity contribution in [2.24, 2.45) is 5.92 Å². The minimum absolute atomic E-state index is 0.0719. The molecule has 0 bridgehead atoms. The second kappa shape index (κ2) is 4.72. The van der Waals surface area contributed by atoms with Gasteiger partial charge in [-0.1, -0.05) is 31.5 Å². The van der Waals surface area contributed by atoms with E-state index in [1.165, 1.54) is 12.8 Å². The van der Waals surface area contributed by atoms with Crippen LogP contribution in [0.2, 0.25) is 0 Å². The molecule has 1 aromatic heterocycles. The van der Waals surface area contributed by atoms with E-state index < -0.39 is 0 Å². The standard InChI is InChI=1S/C16H19NO2/c1-3-6-11-9-13(11)17-16(18)15-10(2)12-7-4-5-8-14(12)19-15/h4-5,7-8,11,13H,3,6,9H2,1-2H3,(H,17,18)/t11-,13+/m0/s1. The molecule has 0 aliphatic heterocycles. The van der Waals surface area contributed by atoms with Gasteiger partial charge in [0.25, 0.3) is 5.91 Å². The maximum absolute atomic E-state index is 12.2. The van der Waals surface area contributed by atoms with Gasteiger partial charge >= 0.3 is 0 Å². The van der Waals surface area contributed by atoms with Crippen molar-refractivity contribution in [3.05, 3.63) is 35.6 Å². The predicted molar refractivity (Wildman–Crippen MR) is 75.2 cm³/mol. The molecule has 1 aliphatic rings. The van der Waals surface area contributed by atoms with Crippen molar-refractivity contribution >= 4 is 16.9 Å². The van der Waals surface area contributed by atoms with E-state index in [4.69, 9.17) is 4.42 Å². The zero-order chi connectivity index (χ0) is 13.4. The van der Waals surface area contributed by atoms with E-state index in [1.54, 1.807) is 0 Å². The summed E-state index contributed by atoms with van der Waals surface area (Å²) in [6.45, 7) is 4.12. The fourth-order valence-electron chi connectivity index (χ4n) is 2.74. The van der Waals surface area contributed by atoms with Gasteiger partial charge in [-0.05, 0) is 31.7 Å². The first-order valence-electron chi connectivity index (χ1n) is 6.99. The Morgan fingerprint density at radius 1 is 1.42 bits per heavy atom. The molecule has 0 spiro atoms. The van der Waals surface area contributed by atoms with Crippen LogP contribution in [0.5, 0.6) is 0 Å². The predicted octanol–water partition coefficient (Wildman–Crippen LogP) is 3.66. The Bertz CT molecular complexity index is 614. The molecule has 0 unspecified atom stereocenters. The summed E-state index contributed by atoms with van der Waals surface area (Å²) in [5, 5.41) is 4.10. The average Bonchev–Trinajstić information content (AvgIpc) is 3.04. The van der Waals surface area contributed by atoms with E-state index in [0.717, 1.165) is 23.0 Å². The van der Waals surface area contributed by atoms with Gasteiger partial charge in [0, 0.05) is 17.0 Å². The monoisotopic (exact) mass is 257 g/mol. The third-order valence-corrected chi connectivity index (χ3v) is 3.95. The molecule has 1 aliphatic carbocycles. The number of furan rings is 1. The van der Waals surface area contributed by atoms with Crippen molar-refractivity contribution < 1.29 is 9.21 Å². The molecule has 3 nitrogen and oxygen atoms in total. The molecule has 0 radical (unpaired) electrons. The molecule has 1 N–H and O–H groups in total. The molecule has 19 heavy (non-hydrogen) atoms. The number of hydrogen-bond donors (Lipinski definition) is 1. The molecule has 0 saturated heterocycles. The summed E-state index contributed by atoms with van der Waals surface area (Å²) in [7, 11) is 0. The number of nitrogens with one attached hydrogen (secondary N) is 1. The van der Waals surface area contributed by atoms with Gasteiger partial charge in [0.2, 0.25) is 0 Å². The number of carbonyl (C=O) groups excluding carboxylic acids is 1. The highest BCUT2D eigenvalue weighted by Gasteiger charge is 2.38. The number of aryl methyl sites for hydroxylation is 1. The summed E-state index contributed by atoms with van der Waals surface area (Å²) in [5.74, 6) is 1.05. The van der Waals surface area contributed by atoms with Crippen LogP contribution >= 0.6 is 0 Å². The third kappa shape index (κ3) is 2.25. The molecule has 2 atom stereocenters. The summed E-state index contributed by atoms with van der Waals surface area (Å²) in [4.78, 5) is 12.2. The van der Waals surface area contributed by atoms with Crippen molar-refractivity contribution in [3.63, 3.8) is 0 Å². The van der Waals surface area contributed by atoms with Crippen molar-refractivity contribution in [2.75, 3.05) is 0 Å². The molecule has 100 valence electrons. The summed E-state index contributed by atoms with van der Waals surface area (Å²) >= 11 is 0. The van der Waals surface area contributed by atoms with Crippen LogP contribution < -0.4 is 5.32 Å². The molecular weight excluding hydrogens is 238 g/mol. The van der Waals surface area contributed by atoms with E-state index in [0.29, 0.717) is 17.7 Å². The van der Waals surface area contributed by atoms with Crippen LogP contribution in [-0.4, -0.2) is 11.9 Å². The first-order valence-corrected chi connectivity index (χ1v) is 6.99. The largest absolute Gasteiger partial charge is 0.451 e. The van der Waals surface area contributed by atoms with Gasteiger partial charge in [-0.2, -0.15) is 0 Å². The lowest BCUT2D eigenvalue weighted by Gasteiger charge is -2.02. The first-order chi connectivity index (χ1) is 9.20. The molecule has 1 amide bonds. The zero-order valence-corrected chi connectivity index (χ0v) is 11.4. The minimum atomic E-state index is -0.0719. The molecule has 1 heterocycles. The van der Waals surface area contributed by atoms with Gasteiger partial charge in [0.15, 0.2) is 5.76 Å². The first kappa shape index (κ1) is 12.3. The maximum Gasteiger partial charge on any atom is 0.287 e. The SMILES string of the molecule is CCC[C@H]1C[C@H]1NC(=O)c1oc2ccccc2c1C. The Balaban J connectivity index is 1.77. The van der Waals surface area contributed by atoms with Crippen molar-refractivity contribution in [1.82, 2.24) is 5.32 Å². The average molecular weight is 257 g/mol. The van der Waals surface area contributed by atoms with Gasteiger partial charge in [-0.25, -0.2) is 0 Å². The fraction of sp³-hybridized carbons (Fsp3) is 0.438. The number of fused-ring (bicyclic) bond motifs is 1. The van der Waals surface area contributed by atoms with Crippen molar-refractivity contribution in [1.29, 1.82) is 0 Å². The Kier molecular flexibility index (Phi) is 3.05. The van der Waals surface area contributed by atoms with Crippen LogP contribution in [0.15, 0.2) is 28.7 Å². The number of carbonyl (C=O) groups is 1. The Labute approximate surface area is 113 Å². The van der Waals surface area contributed by atoms with E-state index in [9.17, 15) is 4.79 Å². The molecule has 1 fully saturated rings. The van der Waals surface area contributed by atoms with E-state index in [1.807, 2.05) is 31.2 Å². The molecule has 3 rings (SSSR count). The van der Waals surface area contributed by atoms with Crippen molar-refractivity contribution in [2.45, 2.75) is 39.2 Å². The lowest BCUT2D eigenvalue weighted by Crippen LogP contribution is -2.27. The van der Waals surface area contributed by atoms with Gasteiger partial charge in [-0.15, -0.1) is 0 Å². The van der Waals surface area contributed by atoms with Gasteiger partial charge < -0.3 is 9.73 Å². The van der Waals surface area contributed by atoms with Gasteiger partial charge in [0.1, 0.15) is 5.58 Å². The maximum atomic E-state index is 12.2. The summed E-state index contributed by atoms with van der Waals surface area (Å²) in [5.41, 5.74) is 1.71. The topological polar surface area (TPSA) is 42.2 Å². The summed E-state index contributed by atoms with van der Waals surface area (Å²) in [6, 6.07) is 8.12. The van der Waals surface area contributed by atoms with E-state index in [-0.39, 0.29) is 5.91 Å². The molecule has 3 heteroatoms. The highest BCUT2D eigenvalue weighted by Crippen LogP contribution is 2.35. The van der Waals surface area contributed by atoms with Crippen molar-refractivity contribution in [3.8, 4) is 0 Å². The lowest BCUT2D eigenvalue weighted by atomic mass is 10.1. The molecular formula is C16H19NO2. The zero-order valence-electron chi connectivity index (χ0n) is 11.4. The second-order valence-corrected chi connectivity index (χ2v) is 5.42. The normalized spacial score (nSPS) is 21.6.